The molecule has 0 saturated heterocycles. The van der Waals surface area contributed by atoms with Gasteiger partial charge in [-0.3, -0.25) is 9.59 Å². The normalized spacial score (nSPS) is 9.86. The summed E-state index contributed by atoms with van der Waals surface area (Å²) < 4.78 is 24.5. The number of hydrogen-bond donors (Lipinski definition) is 1. The third kappa shape index (κ3) is 1.66. The van der Waals surface area contributed by atoms with Crippen LogP contribution in [-0.4, -0.2) is 11.3 Å². The van der Waals surface area contributed by atoms with Crippen LogP contribution >= 0.6 is 0 Å². The van der Waals surface area contributed by atoms with Crippen LogP contribution in [0.4, 0.5) is 8.78 Å². The van der Waals surface area contributed by atoms with Gasteiger partial charge in [-0.2, -0.15) is 5.26 Å². The van der Waals surface area contributed by atoms with Crippen LogP contribution in [0.2, 0.25) is 0 Å². The Bertz CT molecular complexity index is 459. The molecule has 1 rings (SSSR count). The minimum Gasteiger partial charge on any atom is -0.313 e. The highest BCUT2D eigenvalue weighted by atomic mass is 19.3. The molecule has 0 amide bonds. The molecule has 6 heteroatoms. The van der Waals surface area contributed by atoms with Crippen LogP contribution in [0.1, 0.15) is 28.0 Å². The molecule has 14 heavy (non-hydrogen) atoms. The van der Waals surface area contributed by atoms with Gasteiger partial charge in [0.25, 0.3) is 12.0 Å². The Balaban J connectivity index is 3.53. The number of aldehydes is 1. The van der Waals surface area contributed by atoms with E-state index in [1.54, 1.807) is 6.07 Å². The molecule has 1 aromatic heterocycles. The van der Waals surface area contributed by atoms with Gasteiger partial charge in [-0.25, -0.2) is 8.78 Å². The van der Waals surface area contributed by atoms with Crippen molar-refractivity contribution < 1.29 is 13.6 Å². The number of halogens is 2. The maximum absolute atomic E-state index is 12.2. The number of hydrogen-bond acceptors (Lipinski definition) is 3. The van der Waals surface area contributed by atoms with Crippen molar-refractivity contribution in [2.24, 2.45) is 0 Å². The van der Waals surface area contributed by atoms with Crippen LogP contribution in [0.5, 0.6) is 0 Å². The lowest BCUT2D eigenvalue weighted by molar-refractivity contribution is 0.110. The molecule has 1 heterocycles. The second-order valence-electron chi connectivity index (χ2n) is 2.41. The van der Waals surface area contributed by atoms with E-state index < -0.39 is 23.1 Å². The van der Waals surface area contributed by atoms with Crippen LogP contribution in [0.3, 0.4) is 0 Å². The van der Waals surface area contributed by atoms with E-state index in [1.165, 1.54) is 0 Å². The number of carbonyl (C=O) groups excluding carboxylic acids is 1. The zero-order chi connectivity index (χ0) is 10.7. The predicted molar refractivity (Wildman–Crippen MR) is 42.1 cm³/mol. The molecule has 72 valence electrons. The Hall–Kier alpha value is -2.03. The summed E-state index contributed by atoms with van der Waals surface area (Å²) in [7, 11) is 0. The molecule has 0 spiro atoms. The van der Waals surface area contributed by atoms with Gasteiger partial charge in [0.15, 0.2) is 6.29 Å². The zero-order valence-electron chi connectivity index (χ0n) is 6.75. The first-order valence-corrected chi connectivity index (χ1v) is 3.50. The van der Waals surface area contributed by atoms with E-state index in [2.05, 4.69) is 0 Å². The molecule has 0 aromatic carbocycles. The van der Waals surface area contributed by atoms with E-state index in [-0.39, 0.29) is 12.0 Å². The smallest absolute Gasteiger partial charge is 0.269 e. The summed E-state index contributed by atoms with van der Waals surface area (Å²) in [5, 5.41) is 8.39. The van der Waals surface area contributed by atoms with Gasteiger partial charge >= 0.3 is 0 Å². The molecule has 1 N–H and O–H groups in total. The number of nitriles is 1. The first kappa shape index (κ1) is 10.1. The predicted octanol–water partition coefficient (Wildman–Crippen LogP) is 0.997. The second kappa shape index (κ2) is 3.79. The fourth-order valence-corrected chi connectivity index (χ4v) is 0.973. The molecular formula is C8H4F2N2O2. The molecule has 4 nitrogen and oxygen atoms in total. The minimum atomic E-state index is -3.04. The summed E-state index contributed by atoms with van der Waals surface area (Å²) in [6, 6.07) is 2.46. The van der Waals surface area contributed by atoms with E-state index in [1.807, 2.05) is 4.98 Å². The van der Waals surface area contributed by atoms with E-state index in [4.69, 9.17) is 5.26 Å². The topological polar surface area (TPSA) is 73.7 Å². The fraction of sp³-hybridized carbons (Fsp3) is 0.125. The summed E-state index contributed by atoms with van der Waals surface area (Å²) in [5.74, 6) is 0. The first-order chi connectivity index (χ1) is 6.60. The second-order valence-corrected chi connectivity index (χ2v) is 2.41. The van der Waals surface area contributed by atoms with Gasteiger partial charge in [0.2, 0.25) is 0 Å². The van der Waals surface area contributed by atoms with Gasteiger partial charge in [0, 0.05) is 5.56 Å². The largest absolute Gasteiger partial charge is 0.313 e. The summed E-state index contributed by atoms with van der Waals surface area (Å²) in [5.41, 5.74) is -2.69. The third-order valence-corrected chi connectivity index (χ3v) is 1.57. The van der Waals surface area contributed by atoms with Gasteiger partial charge in [-0.1, -0.05) is 0 Å². The number of aromatic nitrogens is 1. The Labute approximate surface area is 76.8 Å². The van der Waals surface area contributed by atoms with Gasteiger partial charge in [-0.05, 0) is 6.07 Å². The third-order valence-electron chi connectivity index (χ3n) is 1.57. The maximum Gasteiger partial charge on any atom is 0.269 e. The summed E-state index contributed by atoms with van der Waals surface area (Å²) in [6.07, 6.45) is -2.91. The summed E-state index contributed by atoms with van der Waals surface area (Å²) in [4.78, 5) is 23.3. The van der Waals surface area contributed by atoms with Crippen LogP contribution in [0.25, 0.3) is 0 Å². The molecular weight excluding hydrogens is 194 g/mol. The van der Waals surface area contributed by atoms with Crippen LogP contribution in [-0.2, 0) is 0 Å². The van der Waals surface area contributed by atoms with E-state index in [0.29, 0.717) is 0 Å². The Morgan fingerprint density at radius 1 is 1.57 bits per heavy atom. The summed E-state index contributed by atoms with van der Waals surface area (Å²) >= 11 is 0. The Morgan fingerprint density at radius 3 is 2.64 bits per heavy atom. The van der Waals surface area contributed by atoms with Crippen molar-refractivity contribution in [3.63, 3.8) is 0 Å². The van der Waals surface area contributed by atoms with Gasteiger partial charge in [0.1, 0.15) is 11.8 Å². The number of nitrogens with one attached hydrogen (secondary N) is 1. The quantitative estimate of drug-likeness (QED) is 0.720. The van der Waals surface area contributed by atoms with Crippen molar-refractivity contribution in [2.45, 2.75) is 6.43 Å². The van der Waals surface area contributed by atoms with Crippen LogP contribution < -0.4 is 5.56 Å². The highest BCUT2D eigenvalue weighted by Crippen LogP contribution is 2.17. The van der Waals surface area contributed by atoms with Crippen molar-refractivity contribution in [1.29, 1.82) is 5.26 Å². The lowest BCUT2D eigenvalue weighted by Crippen LogP contribution is -2.17. The average molecular weight is 198 g/mol. The molecule has 0 fully saturated rings. The Morgan fingerprint density at radius 2 is 2.21 bits per heavy atom. The molecule has 0 radical (unpaired) electrons. The number of nitrogens with zero attached hydrogens (tertiary/aromatic N) is 1. The van der Waals surface area contributed by atoms with Crippen molar-refractivity contribution in [3.8, 4) is 6.07 Å². The monoisotopic (exact) mass is 198 g/mol. The SMILES string of the molecule is N#Cc1cc(C=O)c(C(F)F)c(=O)[nH]1. The first-order valence-electron chi connectivity index (χ1n) is 3.50. The zero-order valence-corrected chi connectivity index (χ0v) is 6.75. The van der Waals surface area contributed by atoms with Crippen molar-refractivity contribution in [2.75, 3.05) is 0 Å². The molecule has 0 atom stereocenters. The highest BCUT2D eigenvalue weighted by Gasteiger charge is 2.18. The van der Waals surface area contributed by atoms with E-state index in [0.717, 1.165) is 6.07 Å². The highest BCUT2D eigenvalue weighted by molar-refractivity contribution is 5.77. The van der Waals surface area contributed by atoms with Crippen LogP contribution in [0.15, 0.2) is 10.9 Å². The minimum absolute atomic E-state index is 0.123. The lowest BCUT2D eigenvalue weighted by atomic mass is 10.1. The maximum atomic E-state index is 12.2. The number of rotatable bonds is 2. The number of aromatic amines is 1. The Kier molecular flexibility index (Phi) is 2.72. The molecule has 0 aliphatic carbocycles. The molecule has 0 unspecified atom stereocenters. The standard InChI is InChI=1S/C8H4F2N2O2/c9-7(10)6-4(3-13)1-5(2-11)12-8(6)14/h1,3,7H,(H,12,14). The molecule has 0 aliphatic heterocycles. The lowest BCUT2D eigenvalue weighted by Gasteiger charge is -2.01. The van der Waals surface area contributed by atoms with Crippen molar-refractivity contribution in [3.05, 3.63) is 33.2 Å². The van der Waals surface area contributed by atoms with E-state index in [9.17, 15) is 18.4 Å². The summed E-state index contributed by atoms with van der Waals surface area (Å²) in [6.45, 7) is 0. The number of H-pyrrole nitrogens is 1. The van der Waals surface area contributed by atoms with Gasteiger partial charge in [-0.15, -0.1) is 0 Å². The van der Waals surface area contributed by atoms with Crippen molar-refractivity contribution >= 4 is 6.29 Å². The molecule has 0 saturated carbocycles. The molecule has 0 bridgehead atoms. The number of carbonyl (C=O) groups is 1. The number of alkyl halides is 2. The fourth-order valence-electron chi connectivity index (χ4n) is 0.973. The van der Waals surface area contributed by atoms with Gasteiger partial charge in [0.05, 0.1) is 5.56 Å². The van der Waals surface area contributed by atoms with Gasteiger partial charge < -0.3 is 4.98 Å². The average Bonchev–Trinajstić information content (AvgIpc) is 2.15. The number of pyridine rings is 1. The van der Waals surface area contributed by atoms with Crippen LogP contribution in [0, 0.1) is 11.3 Å². The van der Waals surface area contributed by atoms with Crippen molar-refractivity contribution in [1.82, 2.24) is 4.98 Å². The van der Waals surface area contributed by atoms with E-state index >= 15 is 0 Å². The molecule has 0 aliphatic rings. The molecule has 1 aromatic rings.